The Kier molecular flexibility index (Phi) is 33.8. The molecule has 0 spiro atoms. The van der Waals surface area contributed by atoms with Crippen LogP contribution in [0.5, 0.6) is 0 Å². The third-order valence-corrected chi connectivity index (χ3v) is 10.1. The second-order valence-corrected chi connectivity index (χ2v) is 17.0. The predicted octanol–water partition coefficient (Wildman–Crippen LogP) is 10.3. The summed E-state index contributed by atoms with van der Waals surface area (Å²) in [6, 6.07) is -0.799. The lowest BCUT2D eigenvalue weighted by molar-refractivity contribution is -0.870. The number of hydrogen-bond donors (Lipinski definition) is 4. The molecule has 0 aliphatic rings. The van der Waals surface area contributed by atoms with Crippen LogP contribution in [0.1, 0.15) is 162 Å². The Hall–Kier alpha value is -1.58. The molecule has 0 heterocycles. The van der Waals surface area contributed by atoms with Gasteiger partial charge in [0.15, 0.2) is 0 Å². The third-order valence-electron chi connectivity index (χ3n) is 9.14. The van der Waals surface area contributed by atoms with Crippen molar-refractivity contribution < 1.29 is 38.0 Å². The molecule has 9 nitrogen and oxygen atoms in total. The quantitative estimate of drug-likeness (QED) is 0.0215. The van der Waals surface area contributed by atoms with E-state index in [0.29, 0.717) is 23.9 Å². The molecular weight excluding hydrogens is 687 g/mol. The Bertz CT molecular complexity index is 1020. The highest BCUT2D eigenvalue weighted by atomic mass is 31.2. The molecule has 4 N–H and O–H groups in total. The third kappa shape index (κ3) is 37.1. The SMILES string of the molecule is CCCCCCCCCCCCCCC[C@@H](O)[C@H](COP(=O)(O)OCC[N+](C)(C)C)NC(=O)CCC/C=C\C/C=C\C/C=C\C/C=C\CC(O)CCC. The van der Waals surface area contributed by atoms with E-state index in [9.17, 15) is 24.5 Å². The zero-order chi connectivity index (χ0) is 39.5. The van der Waals surface area contributed by atoms with Crippen molar-refractivity contribution in [1.29, 1.82) is 0 Å². The van der Waals surface area contributed by atoms with E-state index in [1.807, 2.05) is 27.2 Å². The Morgan fingerprint density at radius 1 is 0.679 bits per heavy atom. The fourth-order valence-corrected chi connectivity index (χ4v) is 6.49. The van der Waals surface area contributed by atoms with Gasteiger partial charge in [0.2, 0.25) is 5.91 Å². The maximum absolute atomic E-state index is 12.8. The van der Waals surface area contributed by atoms with Gasteiger partial charge < -0.3 is 24.9 Å². The van der Waals surface area contributed by atoms with Crippen LogP contribution in [0.4, 0.5) is 0 Å². The summed E-state index contributed by atoms with van der Waals surface area (Å²) in [7, 11) is 1.55. The average molecular weight is 770 g/mol. The van der Waals surface area contributed by atoms with Gasteiger partial charge >= 0.3 is 7.82 Å². The van der Waals surface area contributed by atoms with Gasteiger partial charge in [-0.05, 0) is 51.4 Å². The molecule has 0 rings (SSSR count). The number of carbonyl (C=O) groups excluding carboxylic acids is 1. The number of hydrogen-bond acceptors (Lipinski definition) is 6. The summed E-state index contributed by atoms with van der Waals surface area (Å²) in [5.74, 6) is -0.214. The second kappa shape index (κ2) is 34.9. The number of nitrogens with one attached hydrogen (secondary N) is 1. The van der Waals surface area contributed by atoms with Crippen LogP contribution >= 0.6 is 7.82 Å². The Morgan fingerprint density at radius 2 is 1.19 bits per heavy atom. The molecule has 310 valence electrons. The highest BCUT2D eigenvalue weighted by molar-refractivity contribution is 7.47. The van der Waals surface area contributed by atoms with Gasteiger partial charge in [-0.25, -0.2) is 4.57 Å². The number of quaternary nitrogens is 1. The maximum atomic E-state index is 12.8. The zero-order valence-corrected chi connectivity index (χ0v) is 35.5. The van der Waals surface area contributed by atoms with Gasteiger partial charge in [0.1, 0.15) is 13.2 Å². The standard InChI is InChI=1S/C43H81N2O7P/c1-6-8-9-10-11-12-13-15-19-22-25-28-31-35-42(47)41(39-52-53(49,50)51-38-37-45(3,4)5)44-43(48)36-32-29-26-23-20-17-14-16-18-21-24-27-30-34-40(46)33-7-2/h14,17-18,21,23,26-27,30,40-42,46-47H,6-13,15-16,19-20,22,24-25,28-29,31-39H2,1-5H3,(H-,44,48,49,50)/p+1/b17-14-,21-18-,26-23-,30-27-/t40?,41-,42+/m0/s1. The molecule has 0 bridgehead atoms. The van der Waals surface area contributed by atoms with Crippen LogP contribution in [0.2, 0.25) is 0 Å². The normalized spacial score (nSPS) is 15.5. The number of nitrogens with zero attached hydrogens (tertiary/aromatic N) is 1. The number of phosphoric ester groups is 1. The molecule has 53 heavy (non-hydrogen) atoms. The van der Waals surface area contributed by atoms with Crippen molar-refractivity contribution in [3.63, 3.8) is 0 Å². The first kappa shape index (κ1) is 51.4. The van der Waals surface area contributed by atoms with Crippen LogP contribution in [0, 0.1) is 0 Å². The van der Waals surface area contributed by atoms with Gasteiger partial charge in [0.25, 0.3) is 0 Å². The minimum atomic E-state index is -4.33. The Labute approximate surface area is 325 Å². The van der Waals surface area contributed by atoms with Crippen molar-refractivity contribution in [2.24, 2.45) is 0 Å². The van der Waals surface area contributed by atoms with Crippen molar-refractivity contribution in [2.45, 2.75) is 180 Å². The minimum absolute atomic E-state index is 0.0559. The van der Waals surface area contributed by atoms with E-state index in [2.05, 4.69) is 61.7 Å². The van der Waals surface area contributed by atoms with Gasteiger partial charge in [-0.2, -0.15) is 0 Å². The molecule has 2 unspecified atom stereocenters. The number of allylic oxidation sites excluding steroid dienone is 7. The molecule has 0 aliphatic carbocycles. The van der Waals surface area contributed by atoms with Gasteiger partial charge in [0.05, 0.1) is 46.0 Å². The summed E-state index contributed by atoms with van der Waals surface area (Å²) in [4.78, 5) is 23.1. The summed E-state index contributed by atoms with van der Waals surface area (Å²) >= 11 is 0. The van der Waals surface area contributed by atoms with E-state index in [1.54, 1.807) is 0 Å². The monoisotopic (exact) mass is 770 g/mol. The summed E-state index contributed by atoms with van der Waals surface area (Å²) < 4.78 is 23.5. The highest BCUT2D eigenvalue weighted by Gasteiger charge is 2.28. The van der Waals surface area contributed by atoms with Crippen molar-refractivity contribution in [3.8, 4) is 0 Å². The van der Waals surface area contributed by atoms with E-state index in [4.69, 9.17) is 9.05 Å². The molecule has 10 heteroatoms. The minimum Gasteiger partial charge on any atom is -0.393 e. The highest BCUT2D eigenvalue weighted by Crippen LogP contribution is 2.43. The lowest BCUT2D eigenvalue weighted by Gasteiger charge is -2.26. The van der Waals surface area contributed by atoms with Crippen LogP contribution in [-0.2, 0) is 18.4 Å². The number of aliphatic hydroxyl groups excluding tert-OH is 2. The molecule has 0 aromatic heterocycles. The summed E-state index contributed by atoms with van der Waals surface area (Å²) in [6.07, 6.45) is 39.1. The van der Waals surface area contributed by atoms with E-state index in [0.717, 1.165) is 64.2 Å². The summed E-state index contributed by atoms with van der Waals surface area (Å²) in [6.45, 7) is 4.62. The van der Waals surface area contributed by atoms with Gasteiger partial charge in [-0.15, -0.1) is 0 Å². The molecule has 0 radical (unpaired) electrons. The van der Waals surface area contributed by atoms with E-state index >= 15 is 0 Å². The first-order chi connectivity index (χ1) is 25.4. The van der Waals surface area contributed by atoms with E-state index in [-0.39, 0.29) is 31.6 Å². The predicted molar refractivity (Wildman–Crippen MR) is 223 cm³/mol. The number of likely N-dealkylation sites (N-methyl/N-ethyl adjacent to an activating group) is 1. The fraction of sp³-hybridized carbons (Fsp3) is 0.791. The maximum Gasteiger partial charge on any atom is 0.472 e. The lowest BCUT2D eigenvalue weighted by atomic mass is 10.0. The molecule has 0 saturated carbocycles. The Balaban J connectivity index is 4.54. The van der Waals surface area contributed by atoms with E-state index in [1.165, 1.54) is 64.2 Å². The number of amides is 1. The largest absolute Gasteiger partial charge is 0.472 e. The lowest BCUT2D eigenvalue weighted by Crippen LogP contribution is -2.46. The fourth-order valence-electron chi connectivity index (χ4n) is 5.76. The van der Waals surface area contributed by atoms with E-state index < -0.39 is 20.0 Å². The van der Waals surface area contributed by atoms with Gasteiger partial charge in [0, 0.05) is 6.42 Å². The molecule has 0 aliphatic heterocycles. The molecule has 0 aromatic rings. The van der Waals surface area contributed by atoms with Crippen molar-refractivity contribution >= 4 is 13.7 Å². The van der Waals surface area contributed by atoms with Crippen LogP contribution < -0.4 is 5.32 Å². The molecule has 0 aromatic carbocycles. The second-order valence-electron chi connectivity index (χ2n) is 15.5. The summed E-state index contributed by atoms with van der Waals surface area (Å²) in [5.41, 5.74) is 0. The topological polar surface area (TPSA) is 125 Å². The smallest absolute Gasteiger partial charge is 0.393 e. The first-order valence-electron chi connectivity index (χ1n) is 21.1. The molecular formula is C43H82N2O7P+. The van der Waals surface area contributed by atoms with Crippen molar-refractivity contribution in [3.05, 3.63) is 48.6 Å². The molecule has 0 fully saturated rings. The van der Waals surface area contributed by atoms with Crippen molar-refractivity contribution in [2.75, 3.05) is 40.9 Å². The Morgan fingerprint density at radius 3 is 1.72 bits per heavy atom. The van der Waals surface area contributed by atoms with Crippen molar-refractivity contribution in [1.82, 2.24) is 5.32 Å². The number of rotatable bonds is 37. The first-order valence-corrected chi connectivity index (χ1v) is 22.6. The molecule has 1 amide bonds. The van der Waals surface area contributed by atoms with Gasteiger partial charge in [-0.3, -0.25) is 13.8 Å². The van der Waals surface area contributed by atoms with Crippen LogP contribution in [0.25, 0.3) is 0 Å². The number of unbranched alkanes of at least 4 members (excludes halogenated alkanes) is 13. The number of carbonyl (C=O) groups is 1. The van der Waals surface area contributed by atoms with Crippen LogP contribution in [0.15, 0.2) is 48.6 Å². The van der Waals surface area contributed by atoms with Crippen LogP contribution in [0.3, 0.4) is 0 Å². The average Bonchev–Trinajstić information content (AvgIpc) is 3.09. The summed E-state index contributed by atoms with van der Waals surface area (Å²) in [5, 5.41) is 23.6. The number of phosphoric acid groups is 1. The van der Waals surface area contributed by atoms with Crippen LogP contribution in [-0.4, -0.2) is 84.6 Å². The molecule has 4 atom stereocenters. The van der Waals surface area contributed by atoms with Gasteiger partial charge in [-0.1, -0.05) is 152 Å². The molecule has 0 saturated heterocycles. The zero-order valence-electron chi connectivity index (χ0n) is 34.6. The number of aliphatic hydroxyl groups is 2.